The fourth-order valence-corrected chi connectivity index (χ4v) is 3.21. The molecule has 0 amide bonds. The van der Waals surface area contributed by atoms with Crippen molar-refractivity contribution in [2.45, 2.75) is 32.5 Å². The number of fused-ring (bicyclic) bond motifs is 1. The molecule has 1 aliphatic rings. The Morgan fingerprint density at radius 2 is 1.96 bits per heavy atom. The molecule has 1 aromatic heterocycles. The van der Waals surface area contributed by atoms with E-state index in [9.17, 15) is 5.11 Å². The van der Waals surface area contributed by atoms with E-state index in [0.717, 1.165) is 37.6 Å². The van der Waals surface area contributed by atoms with Crippen LogP contribution in [0.2, 0.25) is 0 Å². The second kappa shape index (κ2) is 7.11. The topological polar surface area (TPSA) is 39.6 Å². The van der Waals surface area contributed by atoms with Gasteiger partial charge in [-0.15, -0.1) is 0 Å². The highest BCUT2D eigenvalue weighted by Gasteiger charge is 2.23. The third kappa shape index (κ3) is 3.71. The SMILES string of the molecule is Cc1ccc2c(n1)N(C)[C@H](CO)CCN(Cc1ccccc1)C2. The Morgan fingerprint density at radius 3 is 2.70 bits per heavy atom. The number of rotatable bonds is 3. The molecule has 0 bridgehead atoms. The minimum atomic E-state index is 0.113. The fraction of sp³-hybridized carbons (Fsp3) is 0.421. The Morgan fingerprint density at radius 1 is 1.17 bits per heavy atom. The van der Waals surface area contributed by atoms with Gasteiger partial charge in [0, 0.05) is 37.9 Å². The van der Waals surface area contributed by atoms with Crippen molar-refractivity contribution in [2.24, 2.45) is 0 Å². The Hall–Kier alpha value is -1.91. The van der Waals surface area contributed by atoms with Gasteiger partial charge in [0.15, 0.2) is 0 Å². The summed E-state index contributed by atoms with van der Waals surface area (Å²) in [5, 5.41) is 9.76. The molecular weight excluding hydrogens is 286 g/mol. The number of anilines is 1. The summed E-state index contributed by atoms with van der Waals surface area (Å²) in [5.41, 5.74) is 3.57. The Kier molecular flexibility index (Phi) is 4.94. The van der Waals surface area contributed by atoms with Crippen LogP contribution in [0.25, 0.3) is 0 Å². The largest absolute Gasteiger partial charge is 0.394 e. The lowest BCUT2D eigenvalue weighted by atomic mass is 10.1. The number of aromatic nitrogens is 1. The van der Waals surface area contributed by atoms with Gasteiger partial charge in [0.25, 0.3) is 0 Å². The summed E-state index contributed by atoms with van der Waals surface area (Å²) in [4.78, 5) is 9.31. The molecule has 0 aliphatic carbocycles. The Labute approximate surface area is 138 Å². The predicted octanol–water partition coefficient (Wildman–Crippen LogP) is 2.59. The smallest absolute Gasteiger partial charge is 0.133 e. The highest BCUT2D eigenvalue weighted by Crippen LogP contribution is 2.25. The quantitative estimate of drug-likeness (QED) is 0.946. The number of hydrogen-bond acceptors (Lipinski definition) is 4. The normalized spacial score (nSPS) is 19.1. The number of pyridine rings is 1. The van der Waals surface area contributed by atoms with E-state index in [2.05, 4.69) is 52.3 Å². The van der Waals surface area contributed by atoms with Crippen molar-refractivity contribution in [2.75, 3.05) is 25.1 Å². The van der Waals surface area contributed by atoms with Gasteiger partial charge in [-0.2, -0.15) is 0 Å². The zero-order valence-electron chi connectivity index (χ0n) is 13.9. The number of aliphatic hydroxyl groups excluding tert-OH is 1. The summed E-state index contributed by atoms with van der Waals surface area (Å²) >= 11 is 0. The maximum Gasteiger partial charge on any atom is 0.133 e. The summed E-state index contributed by atoms with van der Waals surface area (Å²) < 4.78 is 0. The lowest BCUT2D eigenvalue weighted by Gasteiger charge is -2.35. The number of aryl methyl sites for hydroxylation is 1. The average Bonchev–Trinajstić information content (AvgIpc) is 2.56. The van der Waals surface area contributed by atoms with E-state index < -0.39 is 0 Å². The Balaban J connectivity index is 1.88. The molecule has 0 saturated carbocycles. The van der Waals surface area contributed by atoms with Gasteiger partial charge in [-0.3, -0.25) is 4.90 Å². The second-order valence-electron chi connectivity index (χ2n) is 6.37. The number of aliphatic hydroxyl groups is 1. The molecule has 4 heteroatoms. The van der Waals surface area contributed by atoms with Gasteiger partial charge >= 0.3 is 0 Å². The Bertz CT molecular complexity index is 644. The zero-order chi connectivity index (χ0) is 16.2. The molecule has 1 atom stereocenters. The maximum atomic E-state index is 9.76. The summed E-state index contributed by atoms with van der Waals surface area (Å²) in [5.74, 6) is 1.00. The van der Waals surface area contributed by atoms with Crippen LogP contribution in [0.3, 0.4) is 0 Å². The fourth-order valence-electron chi connectivity index (χ4n) is 3.21. The molecule has 0 saturated heterocycles. The van der Waals surface area contributed by atoms with Crippen LogP contribution in [0.5, 0.6) is 0 Å². The molecule has 0 fully saturated rings. The standard InChI is InChI=1S/C19H25N3O/c1-15-8-9-17-13-22(12-16-6-4-3-5-7-16)11-10-18(14-23)21(2)19(17)20-15/h3-9,18,23H,10-14H2,1-2H3/t18-/m0/s1. The number of hydrogen-bond donors (Lipinski definition) is 1. The molecule has 23 heavy (non-hydrogen) atoms. The van der Waals surface area contributed by atoms with Crippen molar-refractivity contribution >= 4 is 5.82 Å². The first-order valence-corrected chi connectivity index (χ1v) is 8.24. The molecule has 1 aliphatic heterocycles. The minimum absolute atomic E-state index is 0.113. The van der Waals surface area contributed by atoms with Gasteiger partial charge in [-0.25, -0.2) is 4.98 Å². The number of nitrogens with zero attached hydrogens (tertiary/aromatic N) is 3. The van der Waals surface area contributed by atoms with E-state index in [0.29, 0.717) is 0 Å². The van der Waals surface area contributed by atoms with Crippen LogP contribution in [0.4, 0.5) is 5.82 Å². The van der Waals surface area contributed by atoms with Crippen LogP contribution in [0.1, 0.15) is 23.2 Å². The summed E-state index contributed by atoms with van der Waals surface area (Å²) in [7, 11) is 2.04. The third-order valence-electron chi connectivity index (χ3n) is 4.61. The third-order valence-corrected chi connectivity index (χ3v) is 4.61. The zero-order valence-corrected chi connectivity index (χ0v) is 13.9. The van der Waals surface area contributed by atoms with Crippen molar-refractivity contribution in [3.05, 3.63) is 59.3 Å². The summed E-state index contributed by atoms with van der Waals surface area (Å²) in [6.45, 7) is 4.96. The van der Waals surface area contributed by atoms with Gasteiger partial charge in [-0.05, 0) is 25.0 Å². The van der Waals surface area contributed by atoms with Crippen molar-refractivity contribution < 1.29 is 5.11 Å². The molecule has 2 heterocycles. The van der Waals surface area contributed by atoms with E-state index in [4.69, 9.17) is 4.98 Å². The van der Waals surface area contributed by atoms with Gasteiger partial charge in [0.1, 0.15) is 5.82 Å². The van der Waals surface area contributed by atoms with Crippen molar-refractivity contribution in [1.82, 2.24) is 9.88 Å². The summed E-state index contributed by atoms with van der Waals surface area (Å²) in [6.07, 6.45) is 0.939. The molecular formula is C19H25N3O. The van der Waals surface area contributed by atoms with Gasteiger partial charge < -0.3 is 10.0 Å². The van der Waals surface area contributed by atoms with E-state index in [1.165, 1.54) is 11.1 Å². The lowest BCUT2D eigenvalue weighted by Crippen LogP contribution is -2.41. The highest BCUT2D eigenvalue weighted by molar-refractivity contribution is 5.48. The van der Waals surface area contributed by atoms with Gasteiger partial charge in [0.2, 0.25) is 0 Å². The lowest BCUT2D eigenvalue weighted by molar-refractivity contribution is 0.205. The molecule has 0 unspecified atom stereocenters. The highest BCUT2D eigenvalue weighted by atomic mass is 16.3. The van der Waals surface area contributed by atoms with E-state index in [1.807, 2.05) is 14.0 Å². The molecule has 122 valence electrons. The van der Waals surface area contributed by atoms with Gasteiger partial charge in [0.05, 0.1) is 12.6 Å². The van der Waals surface area contributed by atoms with Gasteiger partial charge in [-0.1, -0.05) is 36.4 Å². The monoisotopic (exact) mass is 311 g/mol. The first-order chi connectivity index (χ1) is 11.2. The van der Waals surface area contributed by atoms with Crippen LogP contribution in [-0.4, -0.2) is 41.2 Å². The molecule has 1 N–H and O–H groups in total. The van der Waals surface area contributed by atoms with E-state index in [1.54, 1.807) is 0 Å². The average molecular weight is 311 g/mol. The van der Waals surface area contributed by atoms with Crippen molar-refractivity contribution in [3.8, 4) is 0 Å². The molecule has 0 radical (unpaired) electrons. The molecule has 0 spiro atoms. The predicted molar refractivity (Wildman–Crippen MR) is 93.4 cm³/mol. The van der Waals surface area contributed by atoms with Crippen LogP contribution in [-0.2, 0) is 13.1 Å². The van der Waals surface area contributed by atoms with E-state index >= 15 is 0 Å². The second-order valence-corrected chi connectivity index (χ2v) is 6.37. The number of benzene rings is 1. The van der Waals surface area contributed by atoms with Crippen LogP contribution in [0.15, 0.2) is 42.5 Å². The molecule has 1 aromatic carbocycles. The minimum Gasteiger partial charge on any atom is -0.394 e. The molecule has 2 aromatic rings. The van der Waals surface area contributed by atoms with E-state index in [-0.39, 0.29) is 12.6 Å². The van der Waals surface area contributed by atoms with Crippen molar-refractivity contribution in [1.29, 1.82) is 0 Å². The first kappa shape index (κ1) is 16.0. The maximum absolute atomic E-state index is 9.76. The van der Waals surface area contributed by atoms with Crippen molar-refractivity contribution in [3.63, 3.8) is 0 Å². The van der Waals surface area contributed by atoms with Crippen LogP contribution >= 0.6 is 0 Å². The van der Waals surface area contributed by atoms with Crippen LogP contribution in [0, 0.1) is 6.92 Å². The number of likely N-dealkylation sites (N-methyl/N-ethyl adjacent to an activating group) is 1. The summed E-state index contributed by atoms with van der Waals surface area (Å²) in [6, 6.07) is 14.9. The first-order valence-electron chi connectivity index (χ1n) is 8.24. The molecule has 3 rings (SSSR count). The molecule has 4 nitrogen and oxygen atoms in total. The van der Waals surface area contributed by atoms with Crippen LogP contribution < -0.4 is 4.90 Å².